The molecule has 0 aliphatic heterocycles. The fraction of sp³-hybridized carbons (Fsp3) is 0.348. The second kappa shape index (κ2) is 10.8. The van der Waals surface area contributed by atoms with Crippen molar-refractivity contribution >= 4 is 29.3 Å². The van der Waals surface area contributed by atoms with Crippen LogP contribution in [-0.4, -0.2) is 30.3 Å². The third-order valence-corrected chi connectivity index (χ3v) is 5.14. The lowest BCUT2D eigenvalue weighted by Crippen LogP contribution is -2.46. The van der Waals surface area contributed by atoms with Gasteiger partial charge in [0, 0.05) is 16.1 Å². The van der Waals surface area contributed by atoms with E-state index in [9.17, 15) is 14.4 Å². The van der Waals surface area contributed by atoms with Gasteiger partial charge in [-0.2, -0.15) is 0 Å². The first-order valence-corrected chi connectivity index (χ1v) is 10.1. The third kappa shape index (κ3) is 6.43. The minimum Gasteiger partial charge on any atom is -0.456 e. The van der Waals surface area contributed by atoms with Gasteiger partial charge in [0.2, 0.25) is 0 Å². The smallest absolute Gasteiger partial charge is 0.329 e. The maximum Gasteiger partial charge on any atom is 0.329 e. The molecule has 154 valence electrons. The van der Waals surface area contributed by atoms with E-state index in [1.54, 1.807) is 36.4 Å². The monoisotopic (exact) mass is 415 g/mol. The molecule has 0 spiro atoms. The summed E-state index contributed by atoms with van der Waals surface area (Å²) in [5.74, 6) is -1.46. The summed E-state index contributed by atoms with van der Waals surface area (Å²) in [6.07, 6.45) is 1.54. The number of nitrogens with one attached hydrogen (secondary N) is 1. The van der Waals surface area contributed by atoms with Crippen LogP contribution in [0.3, 0.4) is 0 Å². The molecule has 2 aromatic rings. The predicted octanol–water partition coefficient (Wildman–Crippen LogP) is 4.47. The van der Waals surface area contributed by atoms with Crippen LogP contribution in [0.4, 0.5) is 0 Å². The number of esters is 1. The molecule has 0 saturated heterocycles. The summed E-state index contributed by atoms with van der Waals surface area (Å²) in [6, 6.07) is 12.7. The number of hydrogen-bond acceptors (Lipinski definition) is 4. The number of ketones is 1. The molecule has 0 aliphatic rings. The van der Waals surface area contributed by atoms with Crippen LogP contribution in [-0.2, 0) is 16.0 Å². The minimum absolute atomic E-state index is 0.155. The summed E-state index contributed by atoms with van der Waals surface area (Å²) in [6.45, 7) is 5.43. The van der Waals surface area contributed by atoms with Crippen LogP contribution in [0, 0.1) is 5.92 Å². The molecule has 0 aromatic heterocycles. The number of rotatable bonds is 9. The summed E-state index contributed by atoms with van der Waals surface area (Å²) in [7, 11) is 0. The number of carbonyl (C=O) groups excluding carboxylic acids is 3. The standard InChI is InChI=1S/C23H26ClNO4/c1-4-15(3)21(25-22(27)18-10-12-19(24)13-11-18)23(28)29-14-20(26)17-8-6-16(5-2)7-9-17/h6-13,15,21H,4-5,14H2,1-3H3,(H,25,27). The molecule has 5 nitrogen and oxygen atoms in total. The first kappa shape index (κ1) is 22.6. The quantitative estimate of drug-likeness (QED) is 0.484. The summed E-state index contributed by atoms with van der Waals surface area (Å²) >= 11 is 5.85. The first-order valence-electron chi connectivity index (χ1n) is 9.70. The zero-order valence-corrected chi connectivity index (χ0v) is 17.7. The van der Waals surface area contributed by atoms with Gasteiger partial charge in [0.1, 0.15) is 6.04 Å². The van der Waals surface area contributed by atoms with E-state index in [1.807, 2.05) is 32.9 Å². The highest BCUT2D eigenvalue weighted by atomic mass is 35.5. The Labute approximate surface area is 176 Å². The van der Waals surface area contributed by atoms with Crippen LogP contribution in [0.1, 0.15) is 53.5 Å². The third-order valence-electron chi connectivity index (χ3n) is 4.89. The van der Waals surface area contributed by atoms with E-state index in [0.717, 1.165) is 12.0 Å². The van der Waals surface area contributed by atoms with E-state index < -0.39 is 17.9 Å². The van der Waals surface area contributed by atoms with E-state index >= 15 is 0 Å². The number of ether oxygens (including phenoxy) is 1. The average Bonchev–Trinajstić information content (AvgIpc) is 2.75. The number of halogens is 1. The van der Waals surface area contributed by atoms with Gasteiger partial charge in [-0.15, -0.1) is 0 Å². The molecule has 0 fully saturated rings. The van der Waals surface area contributed by atoms with Crippen molar-refractivity contribution in [2.75, 3.05) is 6.61 Å². The summed E-state index contributed by atoms with van der Waals surface area (Å²) in [5.41, 5.74) is 2.00. The Balaban J connectivity index is 2.01. The van der Waals surface area contributed by atoms with Crippen molar-refractivity contribution in [2.45, 2.75) is 39.7 Å². The molecule has 2 rings (SSSR count). The largest absolute Gasteiger partial charge is 0.456 e. The van der Waals surface area contributed by atoms with Gasteiger partial charge >= 0.3 is 5.97 Å². The van der Waals surface area contributed by atoms with Crippen molar-refractivity contribution in [1.82, 2.24) is 5.32 Å². The number of Topliss-reactive ketones (excluding diaryl/α,β-unsaturated/α-hetero) is 1. The van der Waals surface area contributed by atoms with Crippen LogP contribution in [0.5, 0.6) is 0 Å². The molecule has 0 radical (unpaired) electrons. The Bertz CT molecular complexity index is 846. The molecule has 1 amide bonds. The Morgan fingerprint density at radius 2 is 1.55 bits per heavy atom. The summed E-state index contributed by atoms with van der Waals surface area (Å²) in [5, 5.41) is 3.23. The highest BCUT2D eigenvalue weighted by Crippen LogP contribution is 2.14. The summed E-state index contributed by atoms with van der Waals surface area (Å²) in [4.78, 5) is 37.4. The topological polar surface area (TPSA) is 72.5 Å². The van der Waals surface area contributed by atoms with Crippen molar-refractivity contribution in [1.29, 1.82) is 0 Å². The first-order chi connectivity index (χ1) is 13.8. The van der Waals surface area contributed by atoms with Crippen LogP contribution >= 0.6 is 11.6 Å². The lowest BCUT2D eigenvalue weighted by atomic mass is 9.98. The SMILES string of the molecule is CCc1ccc(C(=O)COC(=O)C(NC(=O)c2ccc(Cl)cc2)C(C)CC)cc1. The molecule has 0 heterocycles. The molecular formula is C23H26ClNO4. The Kier molecular flexibility index (Phi) is 8.40. The number of amides is 1. The van der Waals surface area contributed by atoms with E-state index in [2.05, 4.69) is 5.32 Å². The Morgan fingerprint density at radius 3 is 2.10 bits per heavy atom. The maximum atomic E-state index is 12.6. The van der Waals surface area contributed by atoms with Crippen molar-refractivity contribution in [3.05, 3.63) is 70.2 Å². The summed E-state index contributed by atoms with van der Waals surface area (Å²) < 4.78 is 5.23. The molecule has 6 heteroatoms. The van der Waals surface area contributed by atoms with Gasteiger partial charge in [0.05, 0.1) is 0 Å². The van der Waals surface area contributed by atoms with E-state index in [-0.39, 0.29) is 18.3 Å². The van der Waals surface area contributed by atoms with Gasteiger partial charge in [-0.05, 0) is 42.2 Å². The van der Waals surface area contributed by atoms with Gasteiger partial charge in [-0.1, -0.05) is 63.1 Å². The van der Waals surface area contributed by atoms with Crippen LogP contribution in [0.15, 0.2) is 48.5 Å². The molecule has 2 unspecified atom stereocenters. The van der Waals surface area contributed by atoms with Crippen molar-refractivity contribution < 1.29 is 19.1 Å². The zero-order valence-electron chi connectivity index (χ0n) is 16.9. The predicted molar refractivity (Wildman–Crippen MR) is 113 cm³/mol. The van der Waals surface area contributed by atoms with Crippen LogP contribution in [0.25, 0.3) is 0 Å². The van der Waals surface area contributed by atoms with E-state index in [4.69, 9.17) is 16.3 Å². The molecule has 1 N–H and O–H groups in total. The van der Waals surface area contributed by atoms with Gasteiger partial charge < -0.3 is 10.1 Å². The van der Waals surface area contributed by atoms with Crippen LogP contribution < -0.4 is 5.32 Å². The van der Waals surface area contributed by atoms with Crippen LogP contribution in [0.2, 0.25) is 5.02 Å². The molecular weight excluding hydrogens is 390 g/mol. The van der Waals surface area contributed by atoms with Gasteiger partial charge in [0.15, 0.2) is 12.4 Å². The fourth-order valence-electron chi connectivity index (χ4n) is 2.73. The molecule has 29 heavy (non-hydrogen) atoms. The molecule has 0 saturated carbocycles. The maximum absolute atomic E-state index is 12.6. The minimum atomic E-state index is -0.849. The number of hydrogen-bond donors (Lipinski definition) is 1. The highest BCUT2D eigenvalue weighted by Gasteiger charge is 2.28. The van der Waals surface area contributed by atoms with Crippen molar-refractivity contribution in [3.8, 4) is 0 Å². The van der Waals surface area contributed by atoms with E-state index in [1.165, 1.54) is 0 Å². The van der Waals surface area contributed by atoms with Gasteiger partial charge in [-0.3, -0.25) is 9.59 Å². The Hall–Kier alpha value is -2.66. The zero-order chi connectivity index (χ0) is 21.4. The molecule has 2 atom stereocenters. The van der Waals surface area contributed by atoms with Crippen molar-refractivity contribution in [3.63, 3.8) is 0 Å². The lowest BCUT2D eigenvalue weighted by molar-refractivity contribution is -0.146. The van der Waals surface area contributed by atoms with E-state index in [0.29, 0.717) is 22.6 Å². The molecule has 0 aliphatic carbocycles. The molecule has 0 bridgehead atoms. The molecule has 2 aromatic carbocycles. The number of benzene rings is 2. The normalized spacial score (nSPS) is 12.7. The second-order valence-electron chi connectivity index (χ2n) is 6.92. The second-order valence-corrected chi connectivity index (χ2v) is 7.36. The number of carbonyl (C=O) groups is 3. The van der Waals surface area contributed by atoms with Gasteiger partial charge in [-0.25, -0.2) is 4.79 Å². The number of aryl methyl sites for hydroxylation is 1. The van der Waals surface area contributed by atoms with Gasteiger partial charge in [0.25, 0.3) is 5.91 Å². The average molecular weight is 416 g/mol. The Morgan fingerprint density at radius 1 is 0.966 bits per heavy atom. The van der Waals surface area contributed by atoms with Crippen molar-refractivity contribution in [2.24, 2.45) is 5.92 Å². The fourth-order valence-corrected chi connectivity index (χ4v) is 2.86. The lowest BCUT2D eigenvalue weighted by Gasteiger charge is -2.22. The highest BCUT2D eigenvalue weighted by molar-refractivity contribution is 6.30.